The molecule has 0 spiro atoms. The quantitative estimate of drug-likeness (QED) is 0.582. The SMILES string of the molecule is CC(C)Cc1ccc(C(=O)CCC(=O)NC(CN2CCCC2=O)c2ccccc2)cc1. The third-order valence-electron chi connectivity index (χ3n) is 5.61. The Balaban J connectivity index is 1.56. The Bertz CT molecular complexity index is 891. The molecule has 2 aromatic rings. The zero-order valence-electron chi connectivity index (χ0n) is 18.5. The summed E-state index contributed by atoms with van der Waals surface area (Å²) in [5, 5.41) is 3.03. The maximum Gasteiger partial charge on any atom is 0.222 e. The Morgan fingerprint density at radius 1 is 1.00 bits per heavy atom. The molecule has 31 heavy (non-hydrogen) atoms. The number of Topliss-reactive ketones (excluding diaryl/α,β-unsaturated/α-hetero) is 1. The van der Waals surface area contributed by atoms with E-state index >= 15 is 0 Å². The molecule has 0 bridgehead atoms. The number of hydrogen-bond acceptors (Lipinski definition) is 3. The lowest BCUT2D eigenvalue weighted by atomic mass is 9.99. The molecule has 1 N–H and O–H groups in total. The van der Waals surface area contributed by atoms with Gasteiger partial charge in [0.05, 0.1) is 6.04 Å². The van der Waals surface area contributed by atoms with E-state index in [1.54, 1.807) is 0 Å². The van der Waals surface area contributed by atoms with Crippen LogP contribution in [0.25, 0.3) is 0 Å². The van der Waals surface area contributed by atoms with E-state index in [-0.39, 0.29) is 36.5 Å². The summed E-state index contributed by atoms with van der Waals surface area (Å²) in [6, 6.07) is 17.1. The lowest BCUT2D eigenvalue weighted by Crippen LogP contribution is -2.38. The summed E-state index contributed by atoms with van der Waals surface area (Å²) < 4.78 is 0. The van der Waals surface area contributed by atoms with Crippen LogP contribution in [0, 0.1) is 5.92 Å². The second-order valence-corrected chi connectivity index (χ2v) is 8.69. The Morgan fingerprint density at radius 3 is 2.32 bits per heavy atom. The summed E-state index contributed by atoms with van der Waals surface area (Å²) >= 11 is 0. The molecule has 1 atom stereocenters. The Labute approximate surface area is 184 Å². The predicted octanol–water partition coefficient (Wildman–Crippen LogP) is 4.33. The summed E-state index contributed by atoms with van der Waals surface area (Å²) in [6.07, 6.45) is 2.71. The highest BCUT2D eigenvalue weighted by molar-refractivity contribution is 5.98. The highest BCUT2D eigenvalue weighted by Gasteiger charge is 2.25. The van der Waals surface area contributed by atoms with Crippen molar-refractivity contribution < 1.29 is 14.4 Å². The highest BCUT2D eigenvalue weighted by Crippen LogP contribution is 2.19. The van der Waals surface area contributed by atoms with Crippen molar-refractivity contribution in [2.24, 2.45) is 5.92 Å². The Morgan fingerprint density at radius 2 is 1.71 bits per heavy atom. The van der Waals surface area contributed by atoms with Gasteiger partial charge in [-0.05, 0) is 29.9 Å². The van der Waals surface area contributed by atoms with Crippen LogP contribution in [0.5, 0.6) is 0 Å². The molecule has 1 heterocycles. The number of nitrogens with zero attached hydrogens (tertiary/aromatic N) is 1. The number of carbonyl (C=O) groups is 3. The van der Waals surface area contributed by atoms with Gasteiger partial charge in [-0.1, -0.05) is 68.4 Å². The normalized spacial score (nSPS) is 14.7. The Hall–Kier alpha value is -2.95. The first-order valence-corrected chi connectivity index (χ1v) is 11.2. The molecule has 1 aliphatic rings. The minimum Gasteiger partial charge on any atom is -0.347 e. The number of amides is 2. The average molecular weight is 421 g/mol. The first kappa shape index (κ1) is 22.7. The molecule has 2 aromatic carbocycles. The average Bonchev–Trinajstić information content (AvgIpc) is 3.16. The fraction of sp³-hybridized carbons (Fsp3) is 0.423. The van der Waals surface area contributed by atoms with Gasteiger partial charge in [-0.15, -0.1) is 0 Å². The van der Waals surface area contributed by atoms with Gasteiger partial charge in [0.15, 0.2) is 5.78 Å². The van der Waals surface area contributed by atoms with E-state index in [1.807, 2.05) is 59.5 Å². The van der Waals surface area contributed by atoms with Gasteiger partial charge >= 0.3 is 0 Å². The van der Waals surface area contributed by atoms with E-state index in [0.717, 1.165) is 24.9 Å². The molecular weight excluding hydrogens is 388 g/mol. The maximum absolute atomic E-state index is 12.6. The van der Waals surface area contributed by atoms with E-state index in [2.05, 4.69) is 19.2 Å². The van der Waals surface area contributed by atoms with Crippen molar-refractivity contribution in [3.63, 3.8) is 0 Å². The molecule has 0 saturated carbocycles. The first-order valence-electron chi connectivity index (χ1n) is 11.2. The molecule has 3 rings (SSSR count). The fourth-order valence-electron chi connectivity index (χ4n) is 3.97. The second-order valence-electron chi connectivity index (χ2n) is 8.69. The van der Waals surface area contributed by atoms with Gasteiger partial charge in [-0.2, -0.15) is 0 Å². The van der Waals surface area contributed by atoms with Crippen LogP contribution in [-0.2, 0) is 16.0 Å². The maximum atomic E-state index is 12.6. The molecule has 1 unspecified atom stereocenters. The summed E-state index contributed by atoms with van der Waals surface area (Å²) in [6.45, 7) is 5.52. The summed E-state index contributed by atoms with van der Waals surface area (Å²) in [7, 11) is 0. The fourth-order valence-corrected chi connectivity index (χ4v) is 3.97. The number of hydrogen-bond donors (Lipinski definition) is 1. The van der Waals surface area contributed by atoms with Gasteiger partial charge in [0.1, 0.15) is 0 Å². The van der Waals surface area contributed by atoms with Gasteiger partial charge < -0.3 is 10.2 Å². The van der Waals surface area contributed by atoms with Crippen LogP contribution >= 0.6 is 0 Å². The van der Waals surface area contributed by atoms with Gasteiger partial charge in [0.2, 0.25) is 11.8 Å². The molecule has 2 amide bonds. The molecule has 0 radical (unpaired) electrons. The van der Waals surface area contributed by atoms with E-state index in [4.69, 9.17) is 0 Å². The number of carbonyl (C=O) groups excluding carboxylic acids is 3. The number of benzene rings is 2. The van der Waals surface area contributed by atoms with Crippen molar-refractivity contribution >= 4 is 17.6 Å². The predicted molar refractivity (Wildman–Crippen MR) is 122 cm³/mol. The third kappa shape index (κ3) is 6.78. The van der Waals surface area contributed by atoms with E-state index in [1.165, 1.54) is 5.56 Å². The molecule has 0 aliphatic carbocycles. The number of nitrogens with one attached hydrogen (secondary N) is 1. The summed E-state index contributed by atoms with van der Waals surface area (Å²) in [5.74, 6) is 0.493. The monoisotopic (exact) mass is 420 g/mol. The Kier molecular flexibility index (Phi) is 7.99. The molecule has 5 heteroatoms. The van der Waals surface area contributed by atoms with Crippen LogP contribution in [0.3, 0.4) is 0 Å². The van der Waals surface area contributed by atoms with Gasteiger partial charge in [0, 0.05) is 37.9 Å². The first-order chi connectivity index (χ1) is 14.9. The van der Waals surface area contributed by atoms with Crippen molar-refractivity contribution in [2.75, 3.05) is 13.1 Å². The molecule has 164 valence electrons. The number of likely N-dealkylation sites (tertiary alicyclic amines) is 1. The van der Waals surface area contributed by atoms with Crippen molar-refractivity contribution in [1.82, 2.24) is 10.2 Å². The van der Waals surface area contributed by atoms with Crippen LogP contribution in [0.1, 0.15) is 67.1 Å². The van der Waals surface area contributed by atoms with Crippen LogP contribution in [-0.4, -0.2) is 35.6 Å². The van der Waals surface area contributed by atoms with Crippen LogP contribution in [0.15, 0.2) is 54.6 Å². The zero-order valence-corrected chi connectivity index (χ0v) is 18.5. The van der Waals surface area contributed by atoms with Gasteiger partial charge in [-0.3, -0.25) is 14.4 Å². The highest BCUT2D eigenvalue weighted by atomic mass is 16.2. The molecule has 1 aliphatic heterocycles. The largest absolute Gasteiger partial charge is 0.347 e. The molecule has 1 fully saturated rings. The molecular formula is C26H32N2O3. The number of ketones is 1. The minimum atomic E-state index is -0.277. The zero-order chi connectivity index (χ0) is 22.2. The van der Waals surface area contributed by atoms with Gasteiger partial charge in [-0.25, -0.2) is 0 Å². The van der Waals surface area contributed by atoms with Crippen LogP contribution < -0.4 is 5.32 Å². The molecule has 0 aromatic heterocycles. The van der Waals surface area contributed by atoms with Crippen LogP contribution in [0.2, 0.25) is 0 Å². The summed E-state index contributed by atoms with van der Waals surface area (Å²) in [5.41, 5.74) is 2.82. The van der Waals surface area contributed by atoms with Crippen molar-refractivity contribution in [3.05, 3.63) is 71.3 Å². The van der Waals surface area contributed by atoms with E-state index < -0.39 is 0 Å². The minimum absolute atomic E-state index is 0.0303. The third-order valence-corrected chi connectivity index (χ3v) is 5.61. The standard InChI is InChI=1S/C26H32N2O3/c1-19(2)17-20-10-12-22(13-11-20)24(29)14-15-25(30)27-23(21-7-4-3-5-8-21)18-28-16-6-9-26(28)31/h3-5,7-8,10-13,19,23H,6,9,14-18H2,1-2H3,(H,27,30). The van der Waals surface area contributed by atoms with E-state index in [9.17, 15) is 14.4 Å². The van der Waals surface area contributed by atoms with Crippen molar-refractivity contribution in [2.45, 2.75) is 52.0 Å². The van der Waals surface area contributed by atoms with Crippen LogP contribution in [0.4, 0.5) is 0 Å². The number of rotatable bonds is 10. The second kappa shape index (κ2) is 10.9. The topological polar surface area (TPSA) is 66.5 Å². The molecule has 5 nitrogen and oxygen atoms in total. The van der Waals surface area contributed by atoms with Crippen molar-refractivity contribution in [3.8, 4) is 0 Å². The van der Waals surface area contributed by atoms with Gasteiger partial charge in [0.25, 0.3) is 0 Å². The smallest absolute Gasteiger partial charge is 0.222 e. The lowest BCUT2D eigenvalue weighted by molar-refractivity contribution is -0.129. The lowest BCUT2D eigenvalue weighted by Gasteiger charge is -2.25. The summed E-state index contributed by atoms with van der Waals surface area (Å²) in [4.78, 5) is 39.0. The van der Waals surface area contributed by atoms with Crippen molar-refractivity contribution in [1.29, 1.82) is 0 Å². The molecule has 1 saturated heterocycles. The van der Waals surface area contributed by atoms with E-state index in [0.29, 0.717) is 24.4 Å².